The van der Waals surface area contributed by atoms with Gasteiger partial charge in [-0.2, -0.15) is 0 Å². The fourth-order valence-electron chi connectivity index (χ4n) is 6.56. The smallest absolute Gasteiger partial charge is 0.229 e. The minimum atomic E-state index is -0.0831. The SMILES string of the molecule is O=C(N(CCc1ccccc1)Cc1ccccn1)C12CC3CC(CC(C3)C1)C2. The highest BCUT2D eigenvalue weighted by atomic mass is 16.2. The molecule has 0 radical (unpaired) electrons. The third-order valence-corrected chi connectivity index (χ3v) is 7.37. The van der Waals surface area contributed by atoms with E-state index in [-0.39, 0.29) is 5.41 Å². The summed E-state index contributed by atoms with van der Waals surface area (Å²) in [4.78, 5) is 20.6. The average Bonchev–Trinajstić information content (AvgIpc) is 2.71. The van der Waals surface area contributed by atoms with Gasteiger partial charge in [0.1, 0.15) is 0 Å². The number of amides is 1. The lowest BCUT2D eigenvalue weighted by molar-refractivity contribution is -0.158. The quantitative estimate of drug-likeness (QED) is 0.723. The summed E-state index contributed by atoms with van der Waals surface area (Å²) in [5.74, 6) is 2.79. The van der Waals surface area contributed by atoms with Gasteiger partial charge in [0.15, 0.2) is 0 Å². The molecular formula is C25H30N2O. The van der Waals surface area contributed by atoms with Crippen molar-refractivity contribution in [2.45, 2.75) is 51.5 Å². The van der Waals surface area contributed by atoms with Gasteiger partial charge in [0.2, 0.25) is 5.91 Å². The van der Waals surface area contributed by atoms with E-state index in [4.69, 9.17) is 0 Å². The topological polar surface area (TPSA) is 33.2 Å². The van der Waals surface area contributed by atoms with E-state index >= 15 is 0 Å². The molecule has 0 spiro atoms. The highest BCUT2D eigenvalue weighted by Crippen LogP contribution is 2.60. The maximum atomic E-state index is 13.9. The first-order valence-electron chi connectivity index (χ1n) is 10.9. The van der Waals surface area contributed by atoms with Crippen LogP contribution in [0.4, 0.5) is 0 Å². The molecule has 28 heavy (non-hydrogen) atoms. The number of carbonyl (C=O) groups is 1. The van der Waals surface area contributed by atoms with Gasteiger partial charge in [0.25, 0.3) is 0 Å². The van der Waals surface area contributed by atoms with Crippen LogP contribution in [-0.2, 0) is 17.8 Å². The highest BCUT2D eigenvalue weighted by molar-refractivity contribution is 5.83. The molecule has 4 fully saturated rings. The predicted molar refractivity (Wildman–Crippen MR) is 110 cm³/mol. The predicted octanol–water partition coefficient (Wildman–Crippen LogP) is 4.87. The number of carbonyl (C=O) groups excluding carboxylic acids is 1. The largest absolute Gasteiger partial charge is 0.336 e. The average molecular weight is 375 g/mol. The third-order valence-electron chi connectivity index (χ3n) is 7.37. The van der Waals surface area contributed by atoms with Gasteiger partial charge in [0.05, 0.1) is 17.7 Å². The van der Waals surface area contributed by atoms with Crippen LogP contribution in [0.25, 0.3) is 0 Å². The van der Waals surface area contributed by atoms with Crippen LogP contribution in [0.1, 0.15) is 49.8 Å². The molecule has 0 N–H and O–H groups in total. The van der Waals surface area contributed by atoms with Crippen molar-refractivity contribution < 1.29 is 4.79 Å². The second-order valence-electron chi connectivity index (χ2n) is 9.48. The number of hydrogen-bond acceptors (Lipinski definition) is 2. The third kappa shape index (κ3) is 3.47. The standard InChI is InChI=1S/C25H30N2O/c28-24(25-15-20-12-21(16-25)14-22(13-20)17-25)27(18-23-8-4-5-10-26-23)11-9-19-6-2-1-3-7-19/h1-8,10,20-22H,9,11-18H2. The second-order valence-corrected chi connectivity index (χ2v) is 9.48. The van der Waals surface area contributed by atoms with E-state index in [0.29, 0.717) is 12.5 Å². The Bertz CT molecular complexity index is 782. The van der Waals surface area contributed by atoms with Crippen LogP contribution in [0.3, 0.4) is 0 Å². The number of nitrogens with zero attached hydrogens (tertiary/aromatic N) is 2. The Morgan fingerprint density at radius 2 is 1.57 bits per heavy atom. The van der Waals surface area contributed by atoms with Crippen molar-refractivity contribution in [1.82, 2.24) is 9.88 Å². The molecular weight excluding hydrogens is 344 g/mol. The van der Waals surface area contributed by atoms with Crippen molar-refractivity contribution in [3.05, 3.63) is 66.0 Å². The Morgan fingerprint density at radius 1 is 0.929 bits per heavy atom. The molecule has 3 heteroatoms. The van der Waals surface area contributed by atoms with Crippen LogP contribution in [0, 0.1) is 23.2 Å². The first kappa shape index (κ1) is 17.9. The molecule has 0 unspecified atom stereocenters. The van der Waals surface area contributed by atoms with Crippen molar-refractivity contribution in [1.29, 1.82) is 0 Å². The molecule has 0 atom stereocenters. The molecule has 1 amide bonds. The molecule has 4 aliphatic rings. The number of benzene rings is 1. The van der Waals surface area contributed by atoms with Crippen molar-refractivity contribution in [2.75, 3.05) is 6.54 Å². The highest BCUT2D eigenvalue weighted by Gasteiger charge is 2.55. The molecule has 2 aromatic rings. The minimum absolute atomic E-state index is 0.0831. The zero-order valence-electron chi connectivity index (χ0n) is 16.6. The van der Waals surface area contributed by atoms with Gasteiger partial charge in [-0.1, -0.05) is 36.4 Å². The van der Waals surface area contributed by atoms with E-state index < -0.39 is 0 Å². The Balaban J connectivity index is 1.38. The Labute approximate surface area is 168 Å². The van der Waals surface area contributed by atoms with Crippen LogP contribution in [0.5, 0.6) is 0 Å². The lowest BCUT2D eigenvalue weighted by atomic mass is 9.49. The maximum Gasteiger partial charge on any atom is 0.229 e. The van der Waals surface area contributed by atoms with Crippen LogP contribution in [0.2, 0.25) is 0 Å². The number of pyridine rings is 1. The molecule has 1 aromatic heterocycles. The molecule has 0 saturated heterocycles. The second kappa shape index (κ2) is 7.35. The lowest BCUT2D eigenvalue weighted by Crippen LogP contribution is -2.54. The summed E-state index contributed by atoms with van der Waals surface area (Å²) in [6, 6.07) is 16.5. The first-order chi connectivity index (χ1) is 13.7. The first-order valence-corrected chi connectivity index (χ1v) is 10.9. The van der Waals surface area contributed by atoms with E-state index in [9.17, 15) is 4.79 Å². The van der Waals surface area contributed by atoms with Crippen LogP contribution < -0.4 is 0 Å². The minimum Gasteiger partial charge on any atom is -0.336 e. The molecule has 3 nitrogen and oxygen atoms in total. The van der Waals surface area contributed by atoms with Crippen LogP contribution in [-0.4, -0.2) is 22.3 Å². The summed E-state index contributed by atoms with van der Waals surface area (Å²) in [6.07, 6.45) is 10.2. The summed E-state index contributed by atoms with van der Waals surface area (Å²) in [7, 11) is 0. The molecule has 1 aromatic carbocycles. The fourth-order valence-corrected chi connectivity index (χ4v) is 6.56. The van der Waals surface area contributed by atoms with Gasteiger partial charge < -0.3 is 4.90 Å². The summed E-state index contributed by atoms with van der Waals surface area (Å²) in [5, 5.41) is 0. The van der Waals surface area contributed by atoms with E-state index in [2.05, 4.69) is 40.2 Å². The summed E-state index contributed by atoms with van der Waals surface area (Å²) < 4.78 is 0. The molecule has 146 valence electrons. The van der Waals surface area contributed by atoms with E-state index in [1.54, 1.807) is 0 Å². The maximum absolute atomic E-state index is 13.9. The van der Waals surface area contributed by atoms with E-state index in [0.717, 1.165) is 55.7 Å². The Kier molecular flexibility index (Phi) is 4.70. The molecule has 4 aliphatic carbocycles. The molecule has 6 rings (SSSR count). The Hall–Kier alpha value is -2.16. The zero-order chi connectivity index (χ0) is 19.0. The summed E-state index contributed by atoms with van der Waals surface area (Å²) in [5.41, 5.74) is 2.21. The summed E-state index contributed by atoms with van der Waals surface area (Å²) >= 11 is 0. The molecule has 4 bridgehead atoms. The normalized spacial score (nSPS) is 30.4. The van der Waals surface area contributed by atoms with Crippen LogP contribution in [0.15, 0.2) is 54.7 Å². The fraction of sp³-hybridized carbons (Fsp3) is 0.520. The Morgan fingerprint density at radius 3 is 2.18 bits per heavy atom. The van der Waals surface area contributed by atoms with Gasteiger partial charge >= 0.3 is 0 Å². The molecule has 0 aliphatic heterocycles. The van der Waals surface area contributed by atoms with Gasteiger partial charge in [0, 0.05) is 12.7 Å². The van der Waals surface area contributed by atoms with Crippen molar-refractivity contribution in [3.8, 4) is 0 Å². The van der Waals surface area contributed by atoms with Gasteiger partial charge in [-0.3, -0.25) is 9.78 Å². The molecule has 1 heterocycles. The van der Waals surface area contributed by atoms with E-state index in [1.165, 1.54) is 24.8 Å². The zero-order valence-corrected chi connectivity index (χ0v) is 16.6. The number of aromatic nitrogens is 1. The number of rotatable bonds is 6. The van der Waals surface area contributed by atoms with Gasteiger partial charge in [-0.15, -0.1) is 0 Å². The monoisotopic (exact) mass is 374 g/mol. The van der Waals surface area contributed by atoms with Gasteiger partial charge in [-0.05, 0) is 80.4 Å². The van der Waals surface area contributed by atoms with E-state index in [1.807, 2.05) is 24.4 Å². The number of hydrogen-bond donors (Lipinski definition) is 0. The molecule has 4 saturated carbocycles. The summed E-state index contributed by atoms with van der Waals surface area (Å²) in [6.45, 7) is 1.41. The van der Waals surface area contributed by atoms with Crippen molar-refractivity contribution in [3.63, 3.8) is 0 Å². The van der Waals surface area contributed by atoms with Crippen molar-refractivity contribution >= 4 is 5.91 Å². The van der Waals surface area contributed by atoms with Crippen LogP contribution >= 0.6 is 0 Å². The van der Waals surface area contributed by atoms with Crippen molar-refractivity contribution in [2.24, 2.45) is 23.2 Å². The van der Waals surface area contributed by atoms with Gasteiger partial charge in [-0.25, -0.2) is 0 Å². The lowest BCUT2D eigenvalue weighted by Gasteiger charge is -2.56.